The van der Waals surface area contributed by atoms with Gasteiger partial charge in [0.15, 0.2) is 0 Å². The summed E-state index contributed by atoms with van der Waals surface area (Å²) in [6, 6.07) is 9.15. The van der Waals surface area contributed by atoms with Gasteiger partial charge in [0.25, 0.3) is 0 Å². The van der Waals surface area contributed by atoms with E-state index < -0.39 is 0 Å². The summed E-state index contributed by atoms with van der Waals surface area (Å²) in [6.45, 7) is 5.05. The van der Waals surface area contributed by atoms with Crippen LogP contribution in [-0.2, 0) is 0 Å². The smallest absolute Gasteiger partial charge is 0.121 e. The maximum Gasteiger partial charge on any atom is 0.121 e. The summed E-state index contributed by atoms with van der Waals surface area (Å²) in [5, 5.41) is 11.7. The Kier molecular flexibility index (Phi) is 4.39. The standard InChI is InChI=1S/C12H14N2O/c1-10(8-14-2)9-15-12-5-3-4-11(6-12)7-13/h3-6,14H,1,8-9H2,2H3. The molecule has 0 aliphatic heterocycles. The highest BCUT2D eigenvalue weighted by Gasteiger charge is 1.97. The number of hydrogen-bond acceptors (Lipinski definition) is 3. The van der Waals surface area contributed by atoms with Crippen molar-refractivity contribution in [2.75, 3.05) is 20.2 Å². The first-order valence-corrected chi connectivity index (χ1v) is 4.70. The average molecular weight is 202 g/mol. The number of ether oxygens (including phenoxy) is 1. The Morgan fingerprint density at radius 3 is 3.07 bits per heavy atom. The topological polar surface area (TPSA) is 45.0 Å². The summed E-state index contributed by atoms with van der Waals surface area (Å²) in [6.07, 6.45) is 0. The Labute approximate surface area is 90.0 Å². The van der Waals surface area contributed by atoms with Crippen LogP contribution < -0.4 is 10.1 Å². The molecule has 0 radical (unpaired) electrons. The van der Waals surface area contributed by atoms with Gasteiger partial charge in [-0.25, -0.2) is 0 Å². The lowest BCUT2D eigenvalue weighted by Gasteiger charge is -2.08. The van der Waals surface area contributed by atoms with Gasteiger partial charge in [0.05, 0.1) is 11.6 Å². The summed E-state index contributed by atoms with van der Waals surface area (Å²) in [5.41, 5.74) is 1.58. The minimum atomic E-state index is 0.468. The van der Waals surface area contributed by atoms with Crippen LogP contribution in [0.1, 0.15) is 5.56 Å². The highest BCUT2D eigenvalue weighted by atomic mass is 16.5. The van der Waals surface area contributed by atoms with Gasteiger partial charge in [-0.05, 0) is 30.8 Å². The van der Waals surface area contributed by atoms with Gasteiger partial charge >= 0.3 is 0 Å². The van der Waals surface area contributed by atoms with Crippen molar-refractivity contribution in [2.45, 2.75) is 0 Å². The molecule has 78 valence electrons. The molecule has 15 heavy (non-hydrogen) atoms. The van der Waals surface area contributed by atoms with Gasteiger partial charge in [0.2, 0.25) is 0 Å². The second-order valence-corrected chi connectivity index (χ2v) is 3.21. The number of benzene rings is 1. The summed E-state index contributed by atoms with van der Waals surface area (Å²) in [7, 11) is 1.86. The van der Waals surface area contributed by atoms with E-state index in [-0.39, 0.29) is 0 Å². The Morgan fingerprint density at radius 1 is 1.60 bits per heavy atom. The average Bonchev–Trinajstić information content (AvgIpc) is 2.27. The normalized spacial score (nSPS) is 9.33. The SMILES string of the molecule is C=C(CNC)COc1cccc(C#N)c1. The molecule has 1 rings (SSSR count). The van der Waals surface area contributed by atoms with E-state index in [2.05, 4.69) is 18.0 Å². The number of likely N-dealkylation sites (N-methyl/N-ethyl adjacent to an activating group) is 1. The van der Waals surface area contributed by atoms with Crippen molar-refractivity contribution >= 4 is 0 Å². The van der Waals surface area contributed by atoms with Crippen molar-refractivity contribution in [1.82, 2.24) is 5.32 Å². The predicted octanol–water partition coefficient (Wildman–Crippen LogP) is 1.71. The fraction of sp³-hybridized carbons (Fsp3) is 0.250. The van der Waals surface area contributed by atoms with Crippen LogP contribution >= 0.6 is 0 Å². The zero-order chi connectivity index (χ0) is 11.1. The summed E-state index contributed by atoms with van der Waals surface area (Å²) in [4.78, 5) is 0. The molecule has 0 saturated carbocycles. The molecule has 0 aromatic heterocycles. The van der Waals surface area contributed by atoms with Crippen molar-refractivity contribution < 1.29 is 4.74 Å². The molecule has 0 spiro atoms. The second kappa shape index (κ2) is 5.84. The van der Waals surface area contributed by atoms with E-state index in [0.717, 1.165) is 12.1 Å². The van der Waals surface area contributed by atoms with Gasteiger partial charge < -0.3 is 10.1 Å². The molecule has 0 unspecified atom stereocenters. The molecular weight excluding hydrogens is 188 g/mol. The largest absolute Gasteiger partial charge is 0.489 e. The molecule has 3 nitrogen and oxygen atoms in total. The van der Waals surface area contributed by atoms with Gasteiger partial charge in [-0.3, -0.25) is 0 Å². The number of nitriles is 1. The third kappa shape index (κ3) is 3.84. The molecule has 1 N–H and O–H groups in total. The summed E-state index contributed by atoms with van der Waals surface area (Å²) < 4.78 is 5.47. The highest BCUT2D eigenvalue weighted by molar-refractivity contribution is 5.36. The lowest BCUT2D eigenvalue weighted by Crippen LogP contribution is -2.14. The van der Waals surface area contributed by atoms with Crippen molar-refractivity contribution in [1.29, 1.82) is 5.26 Å². The molecule has 1 aromatic carbocycles. The van der Waals surface area contributed by atoms with Gasteiger partial charge in [-0.1, -0.05) is 12.6 Å². The Morgan fingerprint density at radius 2 is 2.40 bits per heavy atom. The first-order valence-electron chi connectivity index (χ1n) is 4.70. The van der Waals surface area contributed by atoms with E-state index in [9.17, 15) is 0 Å². The molecule has 0 aliphatic carbocycles. The molecule has 0 heterocycles. The van der Waals surface area contributed by atoms with Crippen LogP contribution in [0.5, 0.6) is 5.75 Å². The minimum Gasteiger partial charge on any atom is -0.489 e. The maximum atomic E-state index is 8.69. The van der Waals surface area contributed by atoms with Crippen molar-refractivity contribution in [3.8, 4) is 11.8 Å². The van der Waals surface area contributed by atoms with Crippen LogP contribution in [-0.4, -0.2) is 20.2 Å². The Hall–Kier alpha value is -1.79. The lowest BCUT2D eigenvalue weighted by molar-refractivity contribution is 0.349. The van der Waals surface area contributed by atoms with E-state index in [0.29, 0.717) is 17.9 Å². The van der Waals surface area contributed by atoms with Crippen molar-refractivity contribution in [3.63, 3.8) is 0 Å². The van der Waals surface area contributed by atoms with E-state index in [1.807, 2.05) is 13.1 Å². The highest BCUT2D eigenvalue weighted by Crippen LogP contribution is 2.12. The van der Waals surface area contributed by atoms with Gasteiger partial charge in [-0.15, -0.1) is 0 Å². The zero-order valence-corrected chi connectivity index (χ0v) is 8.79. The quantitative estimate of drug-likeness (QED) is 0.739. The van der Waals surface area contributed by atoms with Crippen LogP contribution in [0.25, 0.3) is 0 Å². The molecule has 0 atom stereocenters. The summed E-state index contributed by atoms with van der Waals surface area (Å²) in [5.74, 6) is 0.700. The van der Waals surface area contributed by atoms with Crippen LogP contribution in [0.15, 0.2) is 36.4 Å². The van der Waals surface area contributed by atoms with Crippen molar-refractivity contribution in [3.05, 3.63) is 42.0 Å². The fourth-order valence-electron chi connectivity index (χ4n) is 1.14. The molecule has 0 saturated heterocycles. The fourth-order valence-corrected chi connectivity index (χ4v) is 1.14. The molecule has 0 fully saturated rings. The minimum absolute atomic E-state index is 0.468. The van der Waals surface area contributed by atoms with E-state index in [4.69, 9.17) is 10.00 Å². The molecule has 3 heteroatoms. The molecule has 0 bridgehead atoms. The van der Waals surface area contributed by atoms with E-state index in [1.165, 1.54) is 0 Å². The van der Waals surface area contributed by atoms with Crippen LogP contribution in [0.2, 0.25) is 0 Å². The molecular formula is C12H14N2O. The third-order valence-corrected chi connectivity index (χ3v) is 1.83. The number of rotatable bonds is 5. The lowest BCUT2D eigenvalue weighted by atomic mass is 10.2. The first-order chi connectivity index (χ1) is 7.26. The molecule has 0 aliphatic rings. The zero-order valence-electron chi connectivity index (χ0n) is 8.79. The monoisotopic (exact) mass is 202 g/mol. The molecule has 1 aromatic rings. The van der Waals surface area contributed by atoms with Crippen LogP contribution in [0, 0.1) is 11.3 Å². The first kappa shape index (κ1) is 11.3. The van der Waals surface area contributed by atoms with Gasteiger partial charge in [-0.2, -0.15) is 5.26 Å². The van der Waals surface area contributed by atoms with E-state index in [1.54, 1.807) is 18.2 Å². The van der Waals surface area contributed by atoms with E-state index >= 15 is 0 Å². The van der Waals surface area contributed by atoms with Gasteiger partial charge in [0, 0.05) is 6.54 Å². The number of nitrogens with one attached hydrogen (secondary N) is 1. The van der Waals surface area contributed by atoms with Crippen molar-refractivity contribution in [2.24, 2.45) is 0 Å². The predicted molar refractivity (Wildman–Crippen MR) is 59.7 cm³/mol. The number of nitrogens with zero attached hydrogens (tertiary/aromatic N) is 1. The summed E-state index contributed by atoms with van der Waals surface area (Å²) >= 11 is 0. The second-order valence-electron chi connectivity index (χ2n) is 3.21. The maximum absolute atomic E-state index is 8.69. The van der Waals surface area contributed by atoms with Gasteiger partial charge in [0.1, 0.15) is 12.4 Å². The van der Waals surface area contributed by atoms with Crippen LogP contribution in [0.4, 0.5) is 0 Å². The number of hydrogen-bond donors (Lipinski definition) is 1. The molecule has 0 amide bonds. The Balaban J connectivity index is 2.51. The van der Waals surface area contributed by atoms with Crippen LogP contribution in [0.3, 0.4) is 0 Å². The Bertz CT molecular complexity index is 379. The third-order valence-electron chi connectivity index (χ3n) is 1.83.